The summed E-state index contributed by atoms with van der Waals surface area (Å²) in [5.74, 6) is 1.18. The van der Waals surface area contributed by atoms with Gasteiger partial charge in [0.25, 0.3) is 0 Å². The normalized spacial score (nSPS) is 9.94. The highest BCUT2D eigenvalue weighted by Crippen LogP contribution is 2.06. The molecule has 0 fully saturated rings. The number of carbonyl (C=O) groups excluding carboxylic acids is 1. The van der Waals surface area contributed by atoms with Gasteiger partial charge in [0, 0.05) is 19.5 Å². The second kappa shape index (κ2) is 7.43. The number of nitrogens with two attached hydrogens (primary N) is 1. The first kappa shape index (κ1) is 13.2. The zero-order valence-corrected chi connectivity index (χ0v) is 10.1. The van der Waals surface area contributed by atoms with Crippen molar-refractivity contribution in [2.75, 3.05) is 23.7 Å². The molecule has 0 aliphatic heterocycles. The van der Waals surface area contributed by atoms with E-state index in [0.717, 1.165) is 18.8 Å². The first-order chi connectivity index (χ1) is 8.22. The highest BCUT2D eigenvalue weighted by atomic mass is 16.1. The van der Waals surface area contributed by atoms with Crippen LogP contribution in [-0.4, -0.2) is 29.0 Å². The summed E-state index contributed by atoms with van der Waals surface area (Å²) < 4.78 is 0. The second-order valence-electron chi connectivity index (χ2n) is 3.71. The SMILES string of the molecule is CCCNc1cncc(NCCCC(N)=O)n1. The van der Waals surface area contributed by atoms with E-state index in [1.165, 1.54) is 0 Å². The fourth-order valence-electron chi connectivity index (χ4n) is 1.27. The monoisotopic (exact) mass is 237 g/mol. The molecule has 0 saturated carbocycles. The lowest BCUT2D eigenvalue weighted by atomic mass is 10.3. The van der Waals surface area contributed by atoms with E-state index >= 15 is 0 Å². The molecule has 0 radical (unpaired) electrons. The van der Waals surface area contributed by atoms with Gasteiger partial charge in [-0.05, 0) is 12.8 Å². The van der Waals surface area contributed by atoms with Crippen molar-refractivity contribution in [3.8, 4) is 0 Å². The Hall–Kier alpha value is -1.85. The molecule has 0 atom stereocenters. The van der Waals surface area contributed by atoms with E-state index in [0.29, 0.717) is 25.2 Å². The number of nitrogens with one attached hydrogen (secondary N) is 2. The fraction of sp³-hybridized carbons (Fsp3) is 0.545. The van der Waals surface area contributed by atoms with Crippen molar-refractivity contribution in [1.82, 2.24) is 9.97 Å². The first-order valence-electron chi connectivity index (χ1n) is 5.80. The molecule has 6 heteroatoms. The van der Waals surface area contributed by atoms with Gasteiger partial charge in [-0.3, -0.25) is 9.78 Å². The van der Waals surface area contributed by atoms with Crippen LogP contribution in [0.15, 0.2) is 12.4 Å². The number of rotatable bonds is 8. The van der Waals surface area contributed by atoms with Crippen LogP contribution in [0.3, 0.4) is 0 Å². The Kier molecular flexibility index (Phi) is 5.77. The Balaban J connectivity index is 2.34. The second-order valence-corrected chi connectivity index (χ2v) is 3.71. The Morgan fingerprint density at radius 2 is 1.94 bits per heavy atom. The molecule has 1 aromatic heterocycles. The van der Waals surface area contributed by atoms with Crippen molar-refractivity contribution in [3.05, 3.63) is 12.4 Å². The van der Waals surface area contributed by atoms with E-state index in [1.54, 1.807) is 12.4 Å². The van der Waals surface area contributed by atoms with Gasteiger partial charge >= 0.3 is 0 Å². The van der Waals surface area contributed by atoms with Crippen LogP contribution < -0.4 is 16.4 Å². The maximum Gasteiger partial charge on any atom is 0.217 e. The van der Waals surface area contributed by atoms with Gasteiger partial charge in [0.15, 0.2) is 0 Å². The molecule has 1 heterocycles. The number of aromatic nitrogens is 2. The van der Waals surface area contributed by atoms with Crippen molar-refractivity contribution >= 4 is 17.5 Å². The molecule has 0 aliphatic carbocycles. The summed E-state index contributed by atoms with van der Waals surface area (Å²) in [6.45, 7) is 3.63. The van der Waals surface area contributed by atoms with E-state index in [9.17, 15) is 4.79 Å². The predicted molar refractivity (Wildman–Crippen MR) is 67.7 cm³/mol. The molecule has 0 unspecified atom stereocenters. The molecule has 0 spiro atoms. The molecule has 94 valence electrons. The smallest absolute Gasteiger partial charge is 0.217 e. The molecule has 1 amide bonds. The van der Waals surface area contributed by atoms with Crippen LogP contribution in [0.1, 0.15) is 26.2 Å². The lowest BCUT2D eigenvalue weighted by Gasteiger charge is -2.07. The standard InChI is InChI=1S/C11H19N5O/c1-2-5-14-10-7-13-8-11(16-10)15-6-3-4-9(12)17/h7-8H,2-6H2,1H3,(H2,12,17)(H2,14,15,16). The topological polar surface area (TPSA) is 92.9 Å². The molecule has 1 aromatic rings. The van der Waals surface area contributed by atoms with Gasteiger partial charge in [0.1, 0.15) is 11.6 Å². The number of primary amides is 1. The minimum Gasteiger partial charge on any atom is -0.370 e. The van der Waals surface area contributed by atoms with Crippen molar-refractivity contribution in [2.45, 2.75) is 26.2 Å². The maximum atomic E-state index is 10.5. The van der Waals surface area contributed by atoms with Gasteiger partial charge in [0.05, 0.1) is 12.4 Å². The summed E-state index contributed by atoms with van der Waals surface area (Å²) in [5, 5.41) is 6.25. The van der Waals surface area contributed by atoms with Crippen LogP contribution >= 0.6 is 0 Å². The third-order valence-electron chi connectivity index (χ3n) is 2.10. The van der Waals surface area contributed by atoms with E-state index in [4.69, 9.17) is 5.73 Å². The Bertz CT molecular complexity index is 355. The van der Waals surface area contributed by atoms with Crippen molar-refractivity contribution in [2.24, 2.45) is 5.73 Å². The lowest BCUT2D eigenvalue weighted by Crippen LogP contribution is -2.13. The van der Waals surface area contributed by atoms with Crippen LogP contribution in [0.5, 0.6) is 0 Å². The predicted octanol–water partition coefficient (Wildman–Crippen LogP) is 0.976. The van der Waals surface area contributed by atoms with Crippen LogP contribution in [0, 0.1) is 0 Å². The quantitative estimate of drug-likeness (QED) is 0.586. The first-order valence-corrected chi connectivity index (χ1v) is 5.80. The molecule has 0 bridgehead atoms. The lowest BCUT2D eigenvalue weighted by molar-refractivity contribution is -0.118. The summed E-state index contributed by atoms with van der Waals surface area (Å²) in [4.78, 5) is 18.9. The van der Waals surface area contributed by atoms with Crippen molar-refractivity contribution in [1.29, 1.82) is 0 Å². The number of hydrogen-bond donors (Lipinski definition) is 3. The molecule has 6 nitrogen and oxygen atoms in total. The summed E-state index contributed by atoms with van der Waals surface area (Å²) in [7, 11) is 0. The minimum atomic E-state index is -0.281. The van der Waals surface area contributed by atoms with Crippen molar-refractivity contribution in [3.63, 3.8) is 0 Å². The van der Waals surface area contributed by atoms with Gasteiger partial charge in [-0.1, -0.05) is 6.92 Å². The van der Waals surface area contributed by atoms with Gasteiger partial charge < -0.3 is 16.4 Å². The Morgan fingerprint density at radius 1 is 1.29 bits per heavy atom. The summed E-state index contributed by atoms with van der Waals surface area (Å²) in [5.41, 5.74) is 5.05. The van der Waals surface area contributed by atoms with E-state index < -0.39 is 0 Å². The average molecular weight is 237 g/mol. The molecular weight excluding hydrogens is 218 g/mol. The van der Waals surface area contributed by atoms with Crippen LogP contribution in [0.25, 0.3) is 0 Å². The van der Waals surface area contributed by atoms with Gasteiger partial charge in [-0.25, -0.2) is 4.98 Å². The minimum absolute atomic E-state index is 0.281. The summed E-state index contributed by atoms with van der Waals surface area (Å²) in [6.07, 6.45) is 5.46. The largest absolute Gasteiger partial charge is 0.370 e. The number of amides is 1. The summed E-state index contributed by atoms with van der Waals surface area (Å²) >= 11 is 0. The number of anilines is 2. The fourth-order valence-corrected chi connectivity index (χ4v) is 1.27. The summed E-state index contributed by atoms with van der Waals surface area (Å²) in [6, 6.07) is 0. The number of carbonyl (C=O) groups is 1. The molecular formula is C11H19N5O. The zero-order valence-electron chi connectivity index (χ0n) is 10.1. The van der Waals surface area contributed by atoms with E-state index in [-0.39, 0.29) is 5.91 Å². The Morgan fingerprint density at radius 3 is 2.53 bits per heavy atom. The van der Waals surface area contributed by atoms with Gasteiger partial charge in [-0.2, -0.15) is 0 Å². The number of nitrogens with zero attached hydrogens (tertiary/aromatic N) is 2. The number of hydrogen-bond acceptors (Lipinski definition) is 5. The van der Waals surface area contributed by atoms with Gasteiger partial charge in [-0.15, -0.1) is 0 Å². The molecule has 4 N–H and O–H groups in total. The highest BCUT2D eigenvalue weighted by Gasteiger charge is 1.98. The molecule has 17 heavy (non-hydrogen) atoms. The van der Waals surface area contributed by atoms with Gasteiger partial charge in [0.2, 0.25) is 5.91 Å². The zero-order chi connectivity index (χ0) is 12.5. The van der Waals surface area contributed by atoms with Crippen LogP contribution in [0.4, 0.5) is 11.6 Å². The average Bonchev–Trinajstić information content (AvgIpc) is 2.32. The van der Waals surface area contributed by atoms with Crippen LogP contribution in [-0.2, 0) is 4.79 Å². The molecule has 0 aromatic carbocycles. The third kappa shape index (κ3) is 5.70. The molecule has 0 saturated heterocycles. The molecule has 1 rings (SSSR count). The van der Waals surface area contributed by atoms with E-state index in [2.05, 4.69) is 27.5 Å². The molecule has 0 aliphatic rings. The van der Waals surface area contributed by atoms with E-state index in [1.807, 2.05) is 0 Å². The maximum absolute atomic E-state index is 10.5. The highest BCUT2D eigenvalue weighted by molar-refractivity contribution is 5.73. The van der Waals surface area contributed by atoms with Crippen molar-refractivity contribution < 1.29 is 4.79 Å². The van der Waals surface area contributed by atoms with Crippen LogP contribution in [0.2, 0.25) is 0 Å². The Labute approximate surface area is 101 Å². The third-order valence-corrected chi connectivity index (χ3v) is 2.10.